The summed E-state index contributed by atoms with van der Waals surface area (Å²) in [5, 5.41) is 9.39. The Balaban J connectivity index is 2.36. The molecule has 1 heterocycles. The molecule has 0 bridgehead atoms. The van der Waals surface area contributed by atoms with Gasteiger partial charge in [-0.2, -0.15) is 0 Å². The van der Waals surface area contributed by atoms with Gasteiger partial charge in [0.25, 0.3) is 0 Å². The fourth-order valence-electron chi connectivity index (χ4n) is 2.97. The quantitative estimate of drug-likeness (QED) is 0.911. The number of halogens is 2. The molecule has 0 unspecified atom stereocenters. The smallest absolute Gasteiger partial charge is 0.307 e. The summed E-state index contributed by atoms with van der Waals surface area (Å²) in [6.07, 6.45) is 0.466. The Labute approximate surface area is 123 Å². The van der Waals surface area contributed by atoms with Gasteiger partial charge in [0, 0.05) is 24.1 Å². The largest absolute Gasteiger partial charge is 0.481 e. The van der Waals surface area contributed by atoms with Crippen molar-refractivity contribution < 1.29 is 18.7 Å². The van der Waals surface area contributed by atoms with Gasteiger partial charge in [-0.3, -0.25) is 9.69 Å². The van der Waals surface area contributed by atoms with Gasteiger partial charge in [-0.25, -0.2) is 8.78 Å². The summed E-state index contributed by atoms with van der Waals surface area (Å²) in [7, 11) is 0. The summed E-state index contributed by atoms with van der Waals surface area (Å²) in [6, 6.07) is 3.38. The maximum absolute atomic E-state index is 14.0. The van der Waals surface area contributed by atoms with Gasteiger partial charge in [0.1, 0.15) is 11.6 Å². The lowest BCUT2D eigenvalue weighted by Crippen LogP contribution is -2.50. The van der Waals surface area contributed by atoms with E-state index in [2.05, 4.69) is 4.90 Å². The first-order valence-electron chi connectivity index (χ1n) is 7.13. The van der Waals surface area contributed by atoms with Gasteiger partial charge in [-0.1, -0.05) is 6.07 Å². The molecule has 0 aromatic heterocycles. The lowest BCUT2D eigenvalue weighted by molar-refractivity contribution is -0.144. The van der Waals surface area contributed by atoms with Crippen LogP contribution in [-0.2, 0) is 4.79 Å². The zero-order valence-corrected chi connectivity index (χ0v) is 12.6. The summed E-state index contributed by atoms with van der Waals surface area (Å²) < 4.78 is 27.1. The van der Waals surface area contributed by atoms with Gasteiger partial charge in [-0.15, -0.1) is 0 Å². The van der Waals surface area contributed by atoms with E-state index < -0.39 is 29.4 Å². The summed E-state index contributed by atoms with van der Waals surface area (Å²) in [5.41, 5.74) is 0.177. The molecule has 21 heavy (non-hydrogen) atoms. The Morgan fingerprint density at radius 2 is 2.00 bits per heavy atom. The topological polar surface area (TPSA) is 40.5 Å². The van der Waals surface area contributed by atoms with Gasteiger partial charge < -0.3 is 5.11 Å². The molecule has 0 radical (unpaired) electrons. The molecule has 5 heteroatoms. The number of rotatable bonds is 2. The van der Waals surface area contributed by atoms with E-state index in [1.807, 2.05) is 20.8 Å². The first-order chi connectivity index (χ1) is 9.70. The molecule has 0 spiro atoms. The number of carboxylic acid groups (broad SMARTS) is 1. The zero-order valence-electron chi connectivity index (χ0n) is 12.6. The van der Waals surface area contributed by atoms with Crippen LogP contribution in [0.4, 0.5) is 8.78 Å². The molecule has 3 nitrogen and oxygen atoms in total. The highest BCUT2D eigenvalue weighted by atomic mass is 19.1. The third-order valence-corrected chi connectivity index (χ3v) is 4.24. The number of nitrogens with zero attached hydrogens (tertiary/aromatic N) is 1. The van der Waals surface area contributed by atoms with E-state index in [0.29, 0.717) is 19.5 Å². The van der Waals surface area contributed by atoms with Crippen molar-refractivity contribution in [3.63, 3.8) is 0 Å². The van der Waals surface area contributed by atoms with E-state index in [0.717, 1.165) is 6.07 Å². The van der Waals surface area contributed by atoms with Crippen LogP contribution in [0.15, 0.2) is 18.2 Å². The number of likely N-dealkylation sites (tertiary alicyclic amines) is 1. The monoisotopic (exact) mass is 297 g/mol. The van der Waals surface area contributed by atoms with Crippen molar-refractivity contribution >= 4 is 5.97 Å². The van der Waals surface area contributed by atoms with Crippen LogP contribution in [-0.4, -0.2) is 34.6 Å². The Morgan fingerprint density at radius 1 is 1.33 bits per heavy atom. The van der Waals surface area contributed by atoms with E-state index in [1.165, 1.54) is 12.1 Å². The second-order valence-electron chi connectivity index (χ2n) is 6.62. The van der Waals surface area contributed by atoms with Crippen LogP contribution in [0.1, 0.15) is 38.7 Å². The molecule has 1 saturated heterocycles. The molecule has 1 aliphatic rings. The number of carbonyl (C=O) groups is 1. The molecule has 1 N–H and O–H groups in total. The van der Waals surface area contributed by atoms with Crippen molar-refractivity contribution in [3.05, 3.63) is 35.4 Å². The number of hydrogen-bond acceptors (Lipinski definition) is 2. The maximum Gasteiger partial charge on any atom is 0.307 e. The highest BCUT2D eigenvalue weighted by Crippen LogP contribution is 2.36. The van der Waals surface area contributed by atoms with E-state index in [-0.39, 0.29) is 11.1 Å². The van der Waals surface area contributed by atoms with Crippen molar-refractivity contribution in [2.45, 2.75) is 38.6 Å². The van der Waals surface area contributed by atoms with Crippen LogP contribution in [0, 0.1) is 17.6 Å². The molecule has 1 aromatic rings. The van der Waals surface area contributed by atoms with Crippen LogP contribution in [0.5, 0.6) is 0 Å². The van der Waals surface area contributed by atoms with Gasteiger partial charge in [0.2, 0.25) is 0 Å². The van der Waals surface area contributed by atoms with Crippen molar-refractivity contribution in [1.82, 2.24) is 4.90 Å². The molecule has 0 aliphatic carbocycles. The molecule has 2 rings (SSSR count). The predicted octanol–water partition coefficient (Wildman–Crippen LogP) is 3.25. The van der Waals surface area contributed by atoms with Gasteiger partial charge in [0.15, 0.2) is 0 Å². The normalized spacial score (nSPS) is 24.0. The fourth-order valence-corrected chi connectivity index (χ4v) is 2.97. The Kier molecular flexibility index (Phi) is 4.33. The summed E-state index contributed by atoms with van der Waals surface area (Å²) in [6.45, 7) is 7.27. The fraction of sp³-hybridized carbons (Fsp3) is 0.562. The average molecular weight is 297 g/mol. The number of hydrogen-bond donors (Lipinski definition) is 1. The number of benzene rings is 1. The Morgan fingerprint density at radius 3 is 2.52 bits per heavy atom. The molecule has 0 amide bonds. The standard InChI is InChI=1S/C16H21F2NO2/c1-16(2,3)19-7-6-12(15(20)21)13(9-19)11-5-4-10(17)8-14(11)18/h4-5,8,12-13H,6-7,9H2,1-3H3,(H,20,21)/t12-,13-/m1/s1. The minimum Gasteiger partial charge on any atom is -0.481 e. The van der Waals surface area contributed by atoms with Crippen LogP contribution >= 0.6 is 0 Å². The average Bonchev–Trinajstić information content (AvgIpc) is 2.37. The first kappa shape index (κ1) is 15.9. The van der Waals surface area contributed by atoms with Gasteiger partial charge >= 0.3 is 5.97 Å². The van der Waals surface area contributed by atoms with Crippen molar-refractivity contribution in [3.8, 4) is 0 Å². The third-order valence-electron chi connectivity index (χ3n) is 4.24. The summed E-state index contributed by atoms with van der Waals surface area (Å²) in [4.78, 5) is 13.6. The van der Waals surface area contributed by atoms with Crippen molar-refractivity contribution in [2.75, 3.05) is 13.1 Å². The minimum absolute atomic E-state index is 0.113. The second-order valence-corrected chi connectivity index (χ2v) is 6.62. The third kappa shape index (κ3) is 3.40. The van der Waals surface area contributed by atoms with Gasteiger partial charge in [0.05, 0.1) is 5.92 Å². The molecular formula is C16H21F2NO2. The minimum atomic E-state index is -0.919. The van der Waals surface area contributed by atoms with Crippen LogP contribution in [0.25, 0.3) is 0 Å². The summed E-state index contributed by atoms with van der Waals surface area (Å²) in [5.74, 6) is -3.33. The highest BCUT2D eigenvalue weighted by Gasteiger charge is 2.39. The molecule has 2 atom stereocenters. The maximum atomic E-state index is 14.0. The molecule has 1 aliphatic heterocycles. The number of aliphatic carboxylic acids is 1. The molecule has 0 saturated carbocycles. The summed E-state index contributed by atoms with van der Waals surface area (Å²) >= 11 is 0. The molecule has 116 valence electrons. The number of carboxylic acids is 1. The van der Waals surface area contributed by atoms with Crippen LogP contribution < -0.4 is 0 Å². The zero-order chi connectivity index (χ0) is 15.8. The number of piperidine rings is 1. The molecule has 1 fully saturated rings. The van der Waals surface area contributed by atoms with Gasteiger partial charge in [-0.05, 0) is 45.4 Å². The Bertz CT molecular complexity index is 540. The highest BCUT2D eigenvalue weighted by molar-refractivity contribution is 5.71. The molecule has 1 aromatic carbocycles. The Hall–Kier alpha value is -1.49. The van der Waals surface area contributed by atoms with Crippen molar-refractivity contribution in [2.24, 2.45) is 5.92 Å². The lowest BCUT2D eigenvalue weighted by Gasteiger charge is -2.44. The van der Waals surface area contributed by atoms with E-state index in [4.69, 9.17) is 0 Å². The van der Waals surface area contributed by atoms with E-state index in [1.54, 1.807) is 0 Å². The lowest BCUT2D eigenvalue weighted by atomic mass is 9.79. The van der Waals surface area contributed by atoms with E-state index in [9.17, 15) is 18.7 Å². The second kappa shape index (κ2) is 5.72. The van der Waals surface area contributed by atoms with Crippen molar-refractivity contribution in [1.29, 1.82) is 0 Å². The van der Waals surface area contributed by atoms with Crippen LogP contribution in [0.2, 0.25) is 0 Å². The first-order valence-corrected chi connectivity index (χ1v) is 7.13. The predicted molar refractivity (Wildman–Crippen MR) is 76.2 cm³/mol. The molecular weight excluding hydrogens is 276 g/mol. The van der Waals surface area contributed by atoms with Crippen LogP contribution in [0.3, 0.4) is 0 Å². The van der Waals surface area contributed by atoms with E-state index >= 15 is 0 Å². The SMILES string of the molecule is CC(C)(C)N1CC[C@@H](C(=O)O)[C@@H](c2ccc(F)cc2F)C1.